The van der Waals surface area contributed by atoms with E-state index in [2.05, 4.69) is 10.2 Å². The van der Waals surface area contributed by atoms with Crippen LogP contribution in [0.3, 0.4) is 0 Å². The Hall–Kier alpha value is -2.03. The van der Waals surface area contributed by atoms with Crippen LogP contribution in [0.5, 0.6) is 0 Å². The molecule has 2 N–H and O–H groups in total. The Kier molecular flexibility index (Phi) is 3.23. The second-order valence-corrected chi connectivity index (χ2v) is 5.28. The molecule has 9 heteroatoms. The van der Waals surface area contributed by atoms with Crippen molar-refractivity contribution in [3.63, 3.8) is 0 Å². The Morgan fingerprint density at radius 2 is 1.95 bits per heavy atom. The zero-order chi connectivity index (χ0) is 14.1. The SMILES string of the molecule is O=S(=O)(Nc1cccc(-c2ccn[nH]2)c1)C(F)(F)F. The average Bonchev–Trinajstić information content (AvgIpc) is 2.80. The third kappa shape index (κ3) is 2.87. The van der Waals surface area contributed by atoms with Crippen molar-refractivity contribution in [3.8, 4) is 11.3 Å². The van der Waals surface area contributed by atoms with Crippen LogP contribution in [0.1, 0.15) is 0 Å². The van der Waals surface area contributed by atoms with Gasteiger partial charge in [0.15, 0.2) is 0 Å². The number of nitrogens with one attached hydrogen (secondary N) is 2. The molecule has 5 nitrogen and oxygen atoms in total. The van der Waals surface area contributed by atoms with Crippen LogP contribution in [0.25, 0.3) is 11.3 Å². The molecule has 0 amide bonds. The van der Waals surface area contributed by atoms with Crippen molar-refractivity contribution in [2.45, 2.75) is 5.51 Å². The third-order valence-electron chi connectivity index (χ3n) is 2.23. The normalized spacial score (nSPS) is 12.4. The molecular formula is C10H8F3N3O2S. The molecule has 1 heterocycles. The van der Waals surface area contributed by atoms with Gasteiger partial charge < -0.3 is 0 Å². The van der Waals surface area contributed by atoms with E-state index < -0.39 is 15.5 Å². The predicted octanol–water partition coefficient (Wildman–Crippen LogP) is 2.34. The maximum absolute atomic E-state index is 12.2. The van der Waals surface area contributed by atoms with E-state index in [9.17, 15) is 21.6 Å². The van der Waals surface area contributed by atoms with Crippen molar-refractivity contribution in [2.75, 3.05) is 4.72 Å². The van der Waals surface area contributed by atoms with Crippen molar-refractivity contribution in [1.29, 1.82) is 0 Å². The Balaban J connectivity index is 2.31. The van der Waals surface area contributed by atoms with Crippen molar-refractivity contribution in [2.24, 2.45) is 0 Å². The van der Waals surface area contributed by atoms with Gasteiger partial charge in [-0.05, 0) is 18.2 Å². The van der Waals surface area contributed by atoms with Crippen molar-refractivity contribution < 1.29 is 21.6 Å². The molecule has 0 saturated carbocycles. The molecule has 0 aliphatic carbocycles. The molecule has 0 atom stereocenters. The number of benzene rings is 1. The number of aromatic nitrogens is 2. The topological polar surface area (TPSA) is 74.8 Å². The van der Waals surface area contributed by atoms with Crippen LogP contribution in [-0.2, 0) is 10.0 Å². The molecule has 0 aliphatic heterocycles. The summed E-state index contributed by atoms with van der Waals surface area (Å²) in [4.78, 5) is 0. The molecule has 0 unspecified atom stereocenters. The third-order valence-corrected chi connectivity index (χ3v) is 3.35. The minimum atomic E-state index is -5.41. The van der Waals surface area contributed by atoms with Crippen LogP contribution in [0, 0.1) is 0 Å². The molecule has 0 bridgehead atoms. The summed E-state index contributed by atoms with van der Waals surface area (Å²) >= 11 is 0. The van der Waals surface area contributed by atoms with Crippen LogP contribution < -0.4 is 4.72 Å². The van der Waals surface area contributed by atoms with E-state index in [1.165, 1.54) is 29.1 Å². The lowest BCUT2D eigenvalue weighted by atomic mass is 10.1. The number of hydrogen-bond acceptors (Lipinski definition) is 3. The average molecular weight is 291 g/mol. The van der Waals surface area contributed by atoms with Gasteiger partial charge >= 0.3 is 15.5 Å². The first-order valence-electron chi connectivity index (χ1n) is 4.98. The smallest absolute Gasteiger partial charge is 0.278 e. The largest absolute Gasteiger partial charge is 0.516 e. The summed E-state index contributed by atoms with van der Waals surface area (Å²) in [6.07, 6.45) is 1.47. The first-order valence-corrected chi connectivity index (χ1v) is 6.47. The molecular weight excluding hydrogens is 283 g/mol. The molecule has 19 heavy (non-hydrogen) atoms. The maximum Gasteiger partial charge on any atom is 0.516 e. The van der Waals surface area contributed by atoms with E-state index in [4.69, 9.17) is 0 Å². The van der Waals surface area contributed by atoms with Gasteiger partial charge in [0.25, 0.3) is 0 Å². The standard InChI is InChI=1S/C10H8F3N3O2S/c11-10(12,13)19(17,18)16-8-3-1-2-7(6-8)9-4-5-14-15-9/h1-6,16H,(H,14,15). The molecule has 0 spiro atoms. The van der Waals surface area contributed by atoms with E-state index in [0.29, 0.717) is 11.3 Å². The summed E-state index contributed by atoms with van der Waals surface area (Å²) in [6, 6.07) is 7.15. The lowest BCUT2D eigenvalue weighted by Crippen LogP contribution is -2.29. The van der Waals surface area contributed by atoms with Gasteiger partial charge in [-0.25, -0.2) is 0 Å². The number of nitrogens with zero attached hydrogens (tertiary/aromatic N) is 1. The maximum atomic E-state index is 12.2. The second-order valence-electron chi connectivity index (χ2n) is 3.60. The first-order chi connectivity index (χ1) is 8.79. The van der Waals surface area contributed by atoms with Crippen LogP contribution in [0.4, 0.5) is 18.9 Å². The zero-order valence-corrected chi connectivity index (χ0v) is 10.1. The predicted molar refractivity (Wildman–Crippen MR) is 62.6 cm³/mol. The van der Waals surface area contributed by atoms with E-state index in [-0.39, 0.29) is 5.69 Å². The van der Waals surface area contributed by atoms with Gasteiger partial charge in [-0.3, -0.25) is 9.82 Å². The van der Waals surface area contributed by atoms with Gasteiger partial charge in [-0.1, -0.05) is 12.1 Å². The van der Waals surface area contributed by atoms with E-state index in [1.54, 1.807) is 12.1 Å². The van der Waals surface area contributed by atoms with Gasteiger partial charge in [0.2, 0.25) is 0 Å². The number of sulfonamides is 1. The number of alkyl halides is 3. The summed E-state index contributed by atoms with van der Waals surface area (Å²) in [5.74, 6) is 0. The monoisotopic (exact) mass is 291 g/mol. The second kappa shape index (κ2) is 4.57. The summed E-state index contributed by atoms with van der Waals surface area (Å²) in [7, 11) is -5.41. The van der Waals surface area contributed by atoms with Crippen molar-refractivity contribution in [1.82, 2.24) is 10.2 Å². The molecule has 1 aromatic heterocycles. The van der Waals surface area contributed by atoms with Crippen LogP contribution >= 0.6 is 0 Å². The van der Waals surface area contributed by atoms with E-state index in [0.717, 1.165) is 0 Å². The quantitative estimate of drug-likeness (QED) is 0.911. The van der Waals surface area contributed by atoms with Gasteiger partial charge in [0, 0.05) is 17.4 Å². The van der Waals surface area contributed by atoms with E-state index in [1.807, 2.05) is 0 Å². The summed E-state index contributed by atoms with van der Waals surface area (Å²) in [5.41, 5.74) is -4.45. The highest BCUT2D eigenvalue weighted by molar-refractivity contribution is 7.93. The Labute approximate surface area is 106 Å². The number of hydrogen-bond donors (Lipinski definition) is 2. The van der Waals surface area contributed by atoms with Gasteiger partial charge in [0.1, 0.15) is 0 Å². The molecule has 0 aliphatic rings. The highest BCUT2D eigenvalue weighted by atomic mass is 32.2. The van der Waals surface area contributed by atoms with Gasteiger partial charge in [-0.15, -0.1) is 0 Å². The van der Waals surface area contributed by atoms with Gasteiger partial charge in [0.05, 0.1) is 5.69 Å². The molecule has 0 saturated heterocycles. The van der Waals surface area contributed by atoms with Gasteiger partial charge in [-0.2, -0.15) is 26.7 Å². The summed E-state index contributed by atoms with van der Waals surface area (Å²) in [5, 5.41) is 6.32. The number of H-pyrrole nitrogens is 1. The fraction of sp³-hybridized carbons (Fsp3) is 0.100. The number of rotatable bonds is 3. The molecule has 2 aromatic rings. The fourth-order valence-electron chi connectivity index (χ4n) is 1.38. The Bertz CT molecular complexity index is 666. The highest BCUT2D eigenvalue weighted by Gasteiger charge is 2.46. The number of halogens is 3. The molecule has 0 radical (unpaired) electrons. The number of aromatic amines is 1. The van der Waals surface area contributed by atoms with Crippen molar-refractivity contribution >= 4 is 15.7 Å². The molecule has 102 valence electrons. The minimum Gasteiger partial charge on any atom is -0.278 e. The summed E-state index contributed by atoms with van der Waals surface area (Å²) in [6.45, 7) is 0. The first kappa shape index (κ1) is 13.4. The van der Waals surface area contributed by atoms with Crippen LogP contribution in [-0.4, -0.2) is 24.1 Å². The molecule has 1 aromatic carbocycles. The van der Waals surface area contributed by atoms with Crippen molar-refractivity contribution in [3.05, 3.63) is 36.5 Å². The summed E-state index contributed by atoms with van der Waals surface area (Å²) < 4.78 is 60.1. The fourth-order valence-corrected chi connectivity index (χ4v) is 1.93. The molecule has 0 fully saturated rings. The minimum absolute atomic E-state index is 0.176. The Morgan fingerprint density at radius 1 is 1.21 bits per heavy atom. The Morgan fingerprint density at radius 3 is 2.53 bits per heavy atom. The van der Waals surface area contributed by atoms with E-state index >= 15 is 0 Å². The lowest BCUT2D eigenvalue weighted by molar-refractivity contribution is -0.0429. The lowest BCUT2D eigenvalue weighted by Gasteiger charge is -2.11. The molecule has 2 rings (SSSR count). The highest BCUT2D eigenvalue weighted by Crippen LogP contribution is 2.27. The number of anilines is 1. The zero-order valence-electron chi connectivity index (χ0n) is 9.27. The van der Waals surface area contributed by atoms with Crippen LogP contribution in [0.2, 0.25) is 0 Å². The van der Waals surface area contributed by atoms with Crippen LogP contribution in [0.15, 0.2) is 36.5 Å².